The van der Waals surface area contributed by atoms with Crippen LogP contribution in [0.3, 0.4) is 0 Å². The topological polar surface area (TPSA) is 58.3 Å². The second-order valence-corrected chi connectivity index (χ2v) is 9.33. The van der Waals surface area contributed by atoms with Gasteiger partial charge >= 0.3 is 0 Å². The predicted molar refractivity (Wildman–Crippen MR) is 149 cm³/mol. The molecule has 1 unspecified atom stereocenters. The highest BCUT2D eigenvalue weighted by Gasteiger charge is 2.33. The smallest absolute Gasteiger partial charge is 0.268 e. The fourth-order valence-corrected chi connectivity index (χ4v) is 4.40. The van der Waals surface area contributed by atoms with Gasteiger partial charge in [-0.1, -0.05) is 40.3 Å². The van der Waals surface area contributed by atoms with Crippen molar-refractivity contribution in [2.75, 3.05) is 52.5 Å². The van der Waals surface area contributed by atoms with Gasteiger partial charge in [-0.2, -0.15) is 0 Å². The van der Waals surface area contributed by atoms with Gasteiger partial charge in [-0.15, -0.1) is 0 Å². The number of allylic oxidation sites excluding steroid dienone is 1. The Bertz CT molecular complexity index is 847. The molecular weight excluding hydrogens is 466 g/mol. The molecule has 1 atom stereocenters. The molecule has 0 bridgehead atoms. The normalized spacial score (nSPS) is 15.4. The van der Waals surface area contributed by atoms with E-state index in [9.17, 15) is 5.11 Å². The maximum atomic E-state index is 10.9. The fourth-order valence-electron chi connectivity index (χ4n) is 4.40. The van der Waals surface area contributed by atoms with Crippen molar-refractivity contribution in [2.45, 2.75) is 72.3 Å². The number of ether oxygens (including phenoxy) is 2. The first-order valence-electron chi connectivity index (χ1n) is 14.2. The summed E-state index contributed by atoms with van der Waals surface area (Å²) in [4.78, 5) is 10.9. The van der Waals surface area contributed by atoms with Gasteiger partial charge in [-0.05, 0) is 83.9 Å². The van der Waals surface area contributed by atoms with Crippen LogP contribution in [0.25, 0.3) is 0 Å². The van der Waals surface area contributed by atoms with E-state index in [1.54, 1.807) is 29.3 Å². The second kappa shape index (κ2) is 18.0. The molecule has 2 rings (SSSR count). The molecule has 1 aromatic heterocycles. The molecule has 1 aliphatic heterocycles. The summed E-state index contributed by atoms with van der Waals surface area (Å²) < 4.78 is 13.2. The SMILES string of the molecule is C=CC1=C(C=COCCCCCN(CC)CC)O[n+]2cc(OCCCCCN(CC)CC)ccc2C1O. The molecule has 1 aliphatic rings. The maximum Gasteiger partial charge on any atom is 0.268 e. The molecule has 0 aliphatic carbocycles. The van der Waals surface area contributed by atoms with Gasteiger partial charge in [0.25, 0.3) is 11.9 Å². The van der Waals surface area contributed by atoms with E-state index in [2.05, 4.69) is 44.1 Å². The van der Waals surface area contributed by atoms with Gasteiger partial charge in [0.2, 0.25) is 5.76 Å². The van der Waals surface area contributed by atoms with Crippen LogP contribution in [-0.4, -0.2) is 67.4 Å². The van der Waals surface area contributed by atoms with Gasteiger partial charge in [0, 0.05) is 22.4 Å². The van der Waals surface area contributed by atoms with E-state index in [1.807, 2.05) is 12.1 Å². The molecular formula is C30H50N3O4+. The molecule has 0 spiro atoms. The standard InChI is InChI=1S/C30H50N3O4/c1-6-27-29(19-24-35-22-15-11-13-20-31(7-2)8-3)37-33-25-26(17-18-28(33)30(27)34)36-23-16-12-14-21-32(9-4)10-5/h6,17-19,24-25,30,34H,1,7-16,20-23H2,2-5H3/q+1. The molecule has 1 N–H and O–H groups in total. The quantitative estimate of drug-likeness (QED) is 0.152. The molecule has 1 aromatic rings. The van der Waals surface area contributed by atoms with Crippen molar-refractivity contribution in [3.8, 4) is 5.75 Å². The van der Waals surface area contributed by atoms with Gasteiger partial charge in [0.15, 0.2) is 11.9 Å². The van der Waals surface area contributed by atoms with E-state index in [4.69, 9.17) is 14.3 Å². The minimum atomic E-state index is -0.833. The summed E-state index contributed by atoms with van der Waals surface area (Å²) in [5, 5.41) is 10.9. The molecule has 208 valence electrons. The molecule has 0 fully saturated rings. The Morgan fingerprint density at radius 3 is 2.14 bits per heavy atom. The number of aliphatic hydroxyl groups excluding tert-OH is 1. The van der Waals surface area contributed by atoms with Gasteiger partial charge in [0.1, 0.15) is 0 Å². The maximum absolute atomic E-state index is 10.9. The lowest BCUT2D eigenvalue weighted by atomic mass is 10.0. The monoisotopic (exact) mass is 516 g/mol. The van der Waals surface area contributed by atoms with Crippen LogP contribution < -0.4 is 14.3 Å². The van der Waals surface area contributed by atoms with E-state index in [-0.39, 0.29) is 0 Å². The highest BCUT2D eigenvalue weighted by atomic mass is 16.7. The summed E-state index contributed by atoms with van der Waals surface area (Å²) >= 11 is 0. The number of hydrogen-bond acceptors (Lipinski definition) is 6. The molecule has 2 heterocycles. The summed E-state index contributed by atoms with van der Waals surface area (Å²) in [6.45, 7) is 20.7. The zero-order valence-electron chi connectivity index (χ0n) is 23.7. The van der Waals surface area contributed by atoms with Crippen LogP contribution >= 0.6 is 0 Å². The van der Waals surface area contributed by atoms with E-state index in [0.717, 1.165) is 65.0 Å². The first-order chi connectivity index (χ1) is 18.1. The van der Waals surface area contributed by atoms with Gasteiger partial charge < -0.3 is 24.4 Å². The first kappa shape index (κ1) is 30.9. The van der Waals surface area contributed by atoms with Crippen molar-refractivity contribution in [3.05, 3.63) is 60.3 Å². The van der Waals surface area contributed by atoms with E-state index < -0.39 is 6.10 Å². The number of aromatic nitrogens is 1. The number of hydrogen-bond donors (Lipinski definition) is 1. The minimum absolute atomic E-state index is 0.509. The third kappa shape index (κ3) is 10.5. The van der Waals surface area contributed by atoms with Gasteiger partial charge in [-0.25, -0.2) is 4.84 Å². The van der Waals surface area contributed by atoms with Crippen molar-refractivity contribution in [3.63, 3.8) is 0 Å². The van der Waals surface area contributed by atoms with Crippen LogP contribution in [0.1, 0.15) is 78.0 Å². The zero-order valence-corrected chi connectivity index (χ0v) is 23.7. The molecule has 0 radical (unpaired) electrons. The van der Waals surface area contributed by atoms with Crippen molar-refractivity contribution in [1.29, 1.82) is 0 Å². The average molecular weight is 517 g/mol. The van der Waals surface area contributed by atoms with Crippen LogP contribution in [0.15, 0.2) is 54.7 Å². The van der Waals surface area contributed by atoms with Crippen LogP contribution in [0.2, 0.25) is 0 Å². The van der Waals surface area contributed by atoms with Crippen LogP contribution in [0.4, 0.5) is 0 Å². The molecule has 7 heteroatoms. The third-order valence-electron chi connectivity index (χ3n) is 6.92. The molecule has 0 aromatic carbocycles. The summed E-state index contributed by atoms with van der Waals surface area (Å²) in [7, 11) is 0. The average Bonchev–Trinajstić information content (AvgIpc) is 2.92. The van der Waals surface area contributed by atoms with Gasteiger partial charge in [0.05, 0.1) is 19.5 Å². The largest absolute Gasteiger partial charge is 0.501 e. The molecule has 7 nitrogen and oxygen atoms in total. The van der Waals surface area contributed by atoms with Gasteiger partial charge in [-0.3, -0.25) is 0 Å². The number of pyridine rings is 1. The Hall–Kier alpha value is -2.35. The highest BCUT2D eigenvalue weighted by molar-refractivity contribution is 5.35. The lowest BCUT2D eigenvalue weighted by Gasteiger charge is -2.18. The fraction of sp³-hybridized carbons (Fsp3) is 0.633. The molecule has 0 saturated carbocycles. The van der Waals surface area contributed by atoms with Crippen molar-refractivity contribution >= 4 is 0 Å². The highest BCUT2D eigenvalue weighted by Crippen LogP contribution is 2.27. The number of rotatable bonds is 20. The zero-order chi connectivity index (χ0) is 26.9. The summed E-state index contributed by atoms with van der Waals surface area (Å²) in [5.74, 6) is 1.22. The van der Waals surface area contributed by atoms with Crippen molar-refractivity contribution in [1.82, 2.24) is 9.80 Å². The Morgan fingerprint density at radius 1 is 0.919 bits per heavy atom. The second-order valence-electron chi connectivity index (χ2n) is 9.33. The van der Waals surface area contributed by atoms with E-state index in [1.165, 1.54) is 12.8 Å². The summed E-state index contributed by atoms with van der Waals surface area (Å²) in [6.07, 6.45) is 12.6. The Kier molecular flexibility index (Phi) is 15.0. The Morgan fingerprint density at radius 2 is 1.54 bits per heavy atom. The lowest BCUT2D eigenvalue weighted by Crippen LogP contribution is -2.49. The van der Waals surface area contributed by atoms with Crippen molar-refractivity contribution < 1.29 is 24.1 Å². The Labute approximate surface area is 225 Å². The minimum Gasteiger partial charge on any atom is -0.501 e. The molecule has 0 amide bonds. The molecule has 37 heavy (non-hydrogen) atoms. The van der Waals surface area contributed by atoms with Crippen LogP contribution in [0, 0.1) is 0 Å². The summed E-state index contributed by atoms with van der Waals surface area (Å²) in [5.41, 5.74) is 1.24. The predicted octanol–water partition coefficient (Wildman–Crippen LogP) is 4.82. The number of aliphatic hydroxyl groups is 1. The number of unbranched alkanes of at least 4 members (excludes halogenated alkanes) is 4. The van der Waals surface area contributed by atoms with Crippen LogP contribution in [-0.2, 0) is 4.74 Å². The van der Waals surface area contributed by atoms with Crippen LogP contribution in [0.5, 0.6) is 5.75 Å². The summed E-state index contributed by atoms with van der Waals surface area (Å²) in [6, 6.07) is 3.71. The number of fused-ring (bicyclic) bond motifs is 1. The van der Waals surface area contributed by atoms with E-state index in [0.29, 0.717) is 36.0 Å². The lowest BCUT2D eigenvalue weighted by molar-refractivity contribution is -0.889. The van der Waals surface area contributed by atoms with E-state index >= 15 is 0 Å². The molecule has 0 saturated heterocycles. The number of nitrogens with zero attached hydrogens (tertiary/aromatic N) is 3. The Balaban J connectivity index is 1.81. The first-order valence-corrected chi connectivity index (χ1v) is 14.2. The third-order valence-corrected chi connectivity index (χ3v) is 6.92. The van der Waals surface area contributed by atoms with Crippen molar-refractivity contribution in [2.24, 2.45) is 0 Å².